The summed E-state index contributed by atoms with van der Waals surface area (Å²) in [6.45, 7) is 5.58. The number of carboxylic acid groups (broad SMARTS) is 1. The van der Waals surface area contributed by atoms with E-state index in [4.69, 9.17) is 9.84 Å². The highest BCUT2D eigenvalue weighted by Gasteiger charge is 2.18. The van der Waals surface area contributed by atoms with Crippen molar-refractivity contribution in [2.75, 3.05) is 19.8 Å². The lowest BCUT2D eigenvalue weighted by molar-refractivity contribution is -0.139. The number of carbonyl (C=O) groups is 2. The van der Waals surface area contributed by atoms with Crippen LogP contribution in [0.5, 0.6) is 0 Å². The fraction of sp³-hybridized carbons (Fsp3) is 0.846. The molecular weight excluding hydrogens is 248 g/mol. The van der Waals surface area contributed by atoms with Crippen LogP contribution in [0.4, 0.5) is 4.79 Å². The number of ether oxygens (including phenoxy) is 1. The predicted octanol–water partition coefficient (Wildman–Crippen LogP) is 1.75. The highest BCUT2D eigenvalue weighted by molar-refractivity contribution is 5.82. The third-order valence-electron chi connectivity index (χ3n) is 2.62. The molecule has 6 nitrogen and oxygen atoms in total. The molecule has 0 aliphatic carbocycles. The molecule has 6 heteroatoms. The standard InChI is InChI=1S/C13H26N2O4/c1-3-5-7-11(12(16)17)15-13(18)14-8-10-19-9-6-4-2/h11H,3-10H2,1-2H3,(H,16,17)(H2,14,15,18)/t11-/m0/s1. The molecule has 0 bridgehead atoms. The van der Waals surface area contributed by atoms with Crippen molar-refractivity contribution in [1.82, 2.24) is 10.6 Å². The summed E-state index contributed by atoms with van der Waals surface area (Å²) in [5.41, 5.74) is 0. The molecule has 0 spiro atoms. The molecule has 0 aromatic carbocycles. The molecule has 112 valence electrons. The number of aliphatic carboxylic acids is 1. The molecule has 2 amide bonds. The minimum Gasteiger partial charge on any atom is -0.480 e. The first-order valence-electron chi connectivity index (χ1n) is 6.96. The molecule has 0 aromatic heterocycles. The fourth-order valence-electron chi connectivity index (χ4n) is 1.46. The lowest BCUT2D eigenvalue weighted by atomic mass is 10.1. The van der Waals surface area contributed by atoms with E-state index in [1.807, 2.05) is 6.92 Å². The largest absolute Gasteiger partial charge is 0.480 e. The van der Waals surface area contributed by atoms with E-state index < -0.39 is 18.0 Å². The van der Waals surface area contributed by atoms with Gasteiger partial charge in [0.1, 0.15) is 6.04 Å². The van der Waals surface area contributed by atoms with Crippen molar-refractivity contribution < 1.29 is 19.4 Å². The van der Waals surface area contributed by atoms with Gasteiger partial charge in [0, 0.05) is 13.2 Å². The van der Waals surface area contributed by atoms with Crippen LogP contribution in [-0.4, -0.2) is 42.9 Å². The average Bonchev–Trinajstić information content (AvgIpc) is 2.38. The van der Waals surface area contributed by atoms with Crippen LogP contribution in [0.15, 0.2) is 0 Å². The number of carbonyl (C=O) groups excluding carboxylic acids is 1. The van der Waals surface area contributed by atoms with Gasteiger partial charge < -0.3 is 20.5 Å². The van der Waals surface area contributed by atoms with E-state index >= 15 is 0 Å². The van der Waals surface area contributed by atoms with Crippen molar-refractivity contribution in [2.45, 2.75) is 52.0 Å². The van der Waals surface area contributed by atoms with Crippen LogP contribution < -0.4 is 10.6 Å². The van der Waals surface area contributed by atoms with Crippen molar-refractivity contribution in [3.63, 3.8) is 0 Å². The lowest BCUT2D eigenvalue weighted by Gasteiger charge is -2.14. The minimum absolute atomic E-state index is 0.385. The van der Waals surface area contributed by atoms with Crippen LogP contribution in [0.1, 0.15) is 46.0 Å². The summed E-state index contributed by atoms with van der Waals surface area (Å²) in [6, 6.07) is -1.27. The molecule has 0 fully saturated rings. The Kier molecular flexibility index (Phi) is 11.0. The van der Waals surface area contributed by atoms with E-state index in [0.29, 0.717) is 26.2 Å². The summed E-state index contributed by atoms with van der Waals surface area (Å²) in [5.74, 6) is -0.997. The fourth-order valence-corrected chi connectivity index (χ4v) is 1.46. The summed E-state index contributed by atoms with van der Waals surface area (Å²) in [4.78, 5) is 22.4. The van der Waals surface area contributed by atoms with Crippen molar-refractivity contribution in [3.8, 4) is 0 Å². The normalized spacial score (nSPS) is 11.9. The number of hydrogen-bond acceptors (Lipinski definition) is 3. The molecule has 0 heterocycles. The van der Waals surface area contributed by atoms with E-state index in [9.17, 15) is 9.59 Å². The predicted molar refractivity (Wildman–Crippen MR) is 73.2 cm³/mol. The number of unbranched alkanes of at least 4 members (excludes halogenated alkanes) is 2. The zero-order valence-electron chi connectivity index (χ0n) is 11.9. The van der Waals surface area contributed by atoms with Gasteiger partial charge in [0.2, 0.25) is 0 Å². The maximum Gasteiger partial charge on any atom is 0.326 e. The van der Waals surface area contributed by atoms with Crippen molar-refractivity contribution in [2.24, 2.45) is 0 Å². The van der Waals surface area contributed by atoms with Crippen LogP contribution in [0.2, 0.25) is 0 Å². The molecular formula is C13H26N2O4. The molecule has 19 heavy (non-hydrogen) atoms. The Balaban J connectivity index is 3.71. The summed E-state index contributed by atoms with van der Waals surface area (Å²) in [5, 5.41) is 14.0. The Bertz CT molecular complexity index is 259. The van der Waals surface area contributed by atoms with Gasteiger partial charge in [-0.05, 0) is 12.8 Å². The Hall–Kier alpha value is -1.30. The van der Waals surface area contributed by atoms with Gasteiger partial charge in [-0.15, -0.1) is 0 Å². The molecule has 0 rings (SSSR count). The van der Waals surface area contributed by atoms with Gasteiger partial charge in [-0.25, -0.2) is 9.59 Å². The maximum absolute atomic E-state index is 11.5. The number of nitrogens with one attached hydrogen (secondary N) is 2. The smallest absolute Gasteiger partial charge is 0.326 e. The first kappa shape index (κ1) is 17.7. The zero-order valence-corrected chi connectivity index (χ0v) is 11.9. The van der Waals surface area contributed by atoms with Crippen molar-refractivity contribution in [3.05, 3.63) is 0 Å². The average molecular weight is 274 g/mol. The summed E-state index contributed by atoms with van der Waals surface area (Å²) in [7, 11) is 0. The topological polar surface area (TPSA) is 87.7 Å². The van der Waals surface area contributed by atoms with E-state index in [2.05, 4.69) is 17.6 Å². The second-order valence-corrected chi connectivity index (χ2v) is 4.40. The van der Waals surface area contributed by atoms with Gasteiger partial charge in [-0.3, -0.25) is 0 Å². The second kappa shape index (κ2) is 11.8. The highest BCUT2D eigenvalue weighted by atomic mass is 16.5. The molecule has 3 N–H and O–H groups in total. The molecule has 0 saturated carbocycles. The molecule has 0 aromatic rings. The molecule has 0 aliphatic heterocycles. The monoisotopic (exact) mass is 274 g/mol. The molecule has 0 radical (unpaired) electrons. The second-order valence-electron chi connectivity index (χ2n) is 4.40. The number of hydrogen-bond donors (Lipinski definition) is 3. The number of rotatable bonds is 11. The Morgan fingerprint density at radius 3 is 2.42 bits per heavy atom. The van der Waals surface area contributed by atoms with Crippen LogP contribution in [-0.2, 0) is 9.53 Å². The number of carboxylic acids is 1. The summed E-state index contributed by atoms with van der Waals surface area (Å²) < 4.78 is 5.28. The first-order chi connectivity index (χ1) is 9.11. The Morgan fingerprint density at radius 1 is 1.16 bits per heavy atom. The molecule has 1 atom stereocenters. The third-order valence-corrected chi connectivity index (χ3v) is 2.62. The Morgan fingerprint density at radius 2 is 1.84 bits per heavy atom. The third kappa shape index (κ3) is 10.3. The number of urea groups is 1. The van der Waals surface area contributed by atoms with Gasteiger partial charge in [0.15, 0.2) is 0 Å². The van der Waals surface area contributed by atoms with E-state index in [0.717, 1.165) is 25.7 Å². The molecule has 0 unspecified atom stereocenters. The van der Waals surface area contributed by atoms with Crippen LogP contribution in [0.3, 0.4) is 0 Å². The minimum atomic E-state index is -0.997. The van der Waals surface area contributed by atoms with Gasteiger partial charge in [-0.1, -0.05) is 33.1 Å². The van der Waals surface area contributed by atoms with Gasteiger partial charge in [0.05, 0.1) is 6.61 Å². The SMILES string of the molecule is CCCCOCCNC(=O)N[C@@H](CCCC)C(=O)O. The van der Waals surface area contributed by atoms with Crippen LogP contribution >= 0.6 is 0 Å². The van der Waals surface area contributed by atoms with Crippen molar-refractivity contribution >= 4 is 12.0 Å². The number of amides is 2. The van der Waals surface area contributed by atoms with Gasteiger partial charge >= 0.3 is 12.0 Å². The van der Waals surface area contributed by atoms with Crippen LogP contribution in [0, 0.1) is 0 Å². The lowest BCUT2D eigenvalue weighted by Crippen LogP contribution is -2.46. The quantitative estimate of drug-likeness (QED) is 0.501. The molecule has 0 aliphatic rings. The van der Waals surface area contributed by atoms with E-state index in [-0.39, 0.29) is 0 Å². The highest BCUT2D eigenvalue weighted by Crippen LogP contribution is 2.00. The first-order valence-corrected chi connectivity index (χ1v) is 6.96. The van der Waals surface area contributed by atoms with Crippen molar-refractivity contribution in [1.29, 1.82) is 0 Å². The van der Waals surface area contributed by atoms with Gasteiger partial charge in [-0.2, -0.15) is 0 Å². The Labute approximate surface area is 114 Å². The molecule has 0 saturated heterocycles. The summed E-state index contributed by atoms with van der Waals surface area (Å²) in [6.07, 6.45) is 4.21. The van der Waals surface area contributed by atoms with E-state index in [1.54, 1.807) is 0 Å². The van der Waals surface area contributed by atoms with E-state index in [1.165, 1.54) is 0 Å². The van der Waals surface area contributed by atoms with Gasteiger partial charge in [0.25, 0.3) is 0 Å². The zero-order chi connectivity index (χ0) is 14.5. The van der Waals surface area contributed by atoms with Crippen LogP contribution in [0.25, 0.3) is 0 Å². The summed E-state index contributed by atoms with van der Waals surface area (Å²) >= 11 is 0. The maximum atomic E-state index is 11.5.